The summed E-state index contributed by atoms with van der Waals surface area (Å²) in [4.78, 5) is 26.1. The molecule has 6 heteroatoms. The maximum atomic E-state index is 12.6. The summed E-state index contributed by atoms with van der Waals surface area (Å²) in [7, 11) is 0. The van der Waals surface area contributed by atoms with Gasteiger partial charge in [-0.2, -0.15) is 0 Å². The molecule has 5 nitrogen and oxygen atoms in total. The largest absolute Gasteiger partial charge is 0.493 e. The number of rotatable bonds is 5. The van der Waals surface area contributed by atoms with E-state index in [-0.39, 0.29) is 18.1 Å². The Labute approximate surface area is 157 Å². The molecule has 0 radical (unpaired) electrons. The van der Waals surface area contributed by atoms with Crippen molar-refractivity contribution in [3.8, 4) is 5.75 Å². The Morgan fingerprint density at radius 1 is 1.15 bits per heavy atom. The van der Waals surface area contributed by atoms with E-state index in [9.17, 15) is 9.59 Å². The summed E-state index contributed by atoms with van der Waals surface area (Å²) < 4.78 is 5.56. The number of carbonyl (C=O) groups is 2. The minimum absolute atomic E-state index is 0.199. The van der Waals surface area contributed by atoms with Crippen LogP contribution in [-0.2, 0) is 11.3 Å². The van der Waals surface area contributed by atoms with E-state index in [0.29, 0.717) is 22.9 Å². The number of aryl methyl sites for hydroxylation is 1. The van der Waals surface area contributed by atoms with Gasteiger partial charge in [0, 0.05) is 10.6 Å². The van der Waals surface area contributed by atoms with E-state index in [0.717, 1.165) is 11.1 Å². The Hall–Kier alpha value is -2.79. The molecule has 2 aromatic carbocycles. The van der Waals surface area contributed by atoms with E-state index in [1.807, 2.05) is 38.1 Å². The summed E-state index contributed by atoms with van der Waals surface area (Å²) in [5, 5.41) is 3.14. The van der Waals surface area contributed by atoms with Crippen LogP contribution >= 0.6 is 11.6 Å². The fourth-order valence-electron chi connectivity index (χ4n) is 2.67. The van der Waals surface area contributed by atoms with E-state index < -0.39 is 6.03 Å². The van der Waals surface area contributed by atoms with E-state index in [1.165, 1.54) is 4.90 Å². The molecule has 1 fully saturated rings. The van der Waals surface area contributed by atoms with Crippen molar-refractivity contribution in [3.63, 3.8) is 0 Å². The van der Waals surface area contributed by atoms with Gasteiger partial charge in [0.05, 0.1) is 13.2 Å². The Bertz CT molecular complexity index is 875. The molecule has 1 aliphatic rings. The maximum Gasteiger partial charge on any atom is 0.329 e. The molecule has 0 atom stereocenters. The summed E-state index contributed by atoms with van der Waals surface area (Å²) in [5.41, 5.74) is 2.85. The van der Waals surface area contributed by atoms with Crippen molar-refractivity contribution in [2.45, 2.75) is 20.4 Å². The van der Waals surface area contributed by atoms with E-state index in [2.05, 4.69) is 5.32 Å². The number of amides is 3. The zero-order valence-electron chi connectivity index (χ0n) is 14.6. The topological polar surface area (TPSA) is 58.6 Å². The second-order valence-corrected chi connectivity index (χ2v) is 6.42. The number of imide groups is 1. The third-order valence-electron chi connectivity index (χ3n) is 4.00. The predicted octanol–water partition coefficient (Wildman–Crippen LogP) is 4.14. The van der Waals surface area contributed by atoms with E-state index in [1.54, 1.807) is 24.3 Å². The zero-order chi connectivity index (χ0) is 18.7. The Balaban J connectivity index is 1.85. The van der Waals surface area contributed by atoms with Crippen molar-refractivity contribution in [3.05, 3.63) is 69.9 Å². The molecular formula is C20H19ClN2O3. The summed E-state index contributed by atoms with van der Waals surface area (Å²) in [5.74, 6) is 0.224. The maximum absolute atomic E-state index is 12.6. The molecular weight excluding hydrogens is 352 g/mol. The molecule has 134 valence electrons. The van der Waals surface area contributed by atoms with Gasteiger partial charge in [-0.1, -0.05) is 41.4 Å². The molecule has 0 spiro atoms. The lowest BCUT2D eigenvalue weighted by Gasteiger charge is -2.12. The van der Waals surface area contributed by atoms with Crippen LogP contribution in [0.1, 0.15) is 23.6 Å². The van der Waals surface area contributed by atoms with Gasteiger partial charge < -0.3 is 10.1 Å². The third-order valence-corrected chi connectivity index (χ3v) is 4.23. The van der Waals surface area contributed by atoms with Crippen LogP contribution in [0.2, 0.25) is 5.02 Å². The number of nitrogens with one attached hydrogen (secondary N) is 1. The van der Waals surface area contributed by atoms with Crippen molar-refractivity contribution in [2.24, 2.45) is 0 Å². The molecule has 3 rings (SSSR count). The lowest BCUT2D eigenvalue weighted by Crippen LogP contribution is -2.30. The van der Waals surface area contributed by atoms with Gasteiger partial charge in [-0.05, 0) is 43.7 Å². The summed E-state index contributed by atoms with van der Waals surface area (Å²) in [6.07, 6.45) is 1.59. The highest BCUT2D eigenvalue weighted by Gasteiger charge is 2.33. The van der Waals surface area contributed by atoms with Crippen LogP contribution in [0, 0.1) is 6.92 Å². The molecule has 0 unspecified atom stereocenters. The van der Waals surface area contributed by atoms with Gasteiger partial charge in [0.15, 0.2) is 0 Å². The molecule has 1 heterocycles. The van der Waals surface area contributed by atoms with Gasteiger partial charge >= 0.3 is 6.03 Å². The predicted molar refractivity (Wildman–Crippen MR) is 101 cm³/mol. The zero-order valence-corrected chi connectivity index (χ0v) is 15.3. The van der Waals surface area contributed by atoms with Crippen LogP contribution in [0.5, 0.6) is 5.75 Å². The lowest BCUT2D eigenvalue weighted by molar-refractivity contribution is -0.123. The fourth-order valence-corrected chi connectivity index (χ4v) is 2.85. The lowest BCUT2D eigenvalue weighted by atomic mass is 10.1. The highest BCUT2D eigenvalue weighted by Crippen LogP contribution is 2.26. The quantitative estimate of drug-likeness (QED) is 0.635. The second-order valence-electron chi connectivity index (χ2n) is 5.98. The first-order chi connectivity index (χ1) is 12.5. The van der Waals surface area contributed by atoms with Crippen molar-refractivity contribution in [1.29, 1.82) is 0 Å². The Morgan fingerprint density at radius 2 is 1.88 bits per heavy atom. The Morgan fingerprint density at radius 3 is 2.58 bits per heavy atom. The van der Waals surface area contributed by atoms with E-state index >= 15 is 0 Å². The van der Waals surface area contributed by atoms with Crippen LogP contribution in [0.3, 0.4) is 0 Å². The number of urea groups is 1. The molecule has 2 aromatic rings. The molecule has 0 aliphatic carbocycles. The monoisotopic (exact) mass is 370 g/mol. The highest BCUT2D eigenvalue weighted by atomic mass is 35.5. The molecule has 26 heavy (non-hydrogen) atoms. The van der Waals surface area contributed by atoms with Gasteiger partial charge in [-0.25, -0.2) is 4.79 Å². The minimum atomic E-state index is -0.443. The van der Waals surface area contributed by atoms with Gasteiger partial charge in [0.2, 0.25) is 0 Å². The summed E-state index contributed by atoms with van der Waals surface area (Å²) in [6, 6.07) is 12.4. The third kappa shape index (κ3) is 3.89. The molecule has 0 saturated carbocycles. The number of ether oxygens (including phenoxy) is 1. The highest BCUT2D eigenvalue weighted by molar-refractivity contribution is 6.30. The molecule has 3 amide bonds. The van der Waals surface area contributed by atoms with Crippen LogP contribution in [0.15, 0.2) is 48.2 Å². The number of hydrogen-bond donors (Lipinski definition) is 1. The normalized spacial score (nSPS) is 15.5. The van der Waals surface area contributed by atoms with Gasteiger partial charge in [-0.3, -0.25) is 9.69 Å². The molecule has 1 N–H and O–H groups in total. The van der Waals surface area contributed by atoms with Gasteiger partial charge in [0.25, 0.3) is 5.91 Å². The average Bonchev–Trinajstić information content (AvgIpc) is 2.87. The summed E-state index contributed by atoms with van der Waals surface area (Å²) >= 11 is 6.05. The van der Waals surface area contributed by atoms with Crippen LogP contribution in [-0.4, -0.2) is 23.4 Å². The average molecular weight is 371 g/mol. The van der Waals surface area contributed by atoms with Gasteiger partial charge in [-0.15, -0.1) is 0 Å². The SMILES string of the molecule is CCOc1ccc(Cl)cc1C=C1NC(=O)N(Cc2ccc(C)cc2)C1=O. The smallest absolute Gasteiger partial charge is 0.329 e. The van der Waals surface area contributed by atoms with E-state index in [4.69, 9.17) is 16.3 Å². The first-order valence-electron chi connectivity index (χ1n) is 8.30. The molecule has 0 bridgehead atoms. The standard InChI is InChI=1S/C20H19ClN2O3/c1-3-26-18-9-8-16(21)10-15(18)11-17-19(24)23(20(25)22-17)12-14-6-4-13(2)5-7-14/h4-11H,3,12H2,1-2H3,(H,22,25). The molecule has 1 saturated heterocycles. The Kier molecular flexibility index (Phi) is 5.28. The number of hydrogen-bond acceptors (Lipinski definition) is 3. The second kappa shape index (κ2) is 7.62. The molecule has 0 aromatic heterocycles. The minimum Gasteiger partial charge on any atom is -0.493 e. The number of nitrogens with zero attached hydrogens (tertiary/aromatic N) is 1. The first kappa shape index (κ1) is 18.0. The van der Waals surface area contributed by atoms with Crippen molar-refractivity contribution in [1.82, 2.24) is 10.2 Å². The van der Waals surface area contributed by atoms with Gasteiger partial charge in [0.1, 0.15) is 11.4 Å². The molecule has 1 aliphatic heterocycles. The summed E-state index contributed by atoms with van der Waals surface area (Å²) in [6.45, 7) is 4.56. The first-order valence-corrected chi connectivity index (χ1v) is 8.68. The number of carbonyl (C=O) groups excluding carboxylic acids is 2. The number of halogens is 1. The van der Waals surface area contributed by atoms with Crippen molar-refractivity contribution < 1.29 is 14.3 Å². The fraction of sp³-hybridized carbons (Fsp3) is 0.200. The van der Waals surface area contributed by atoms with Crippen LogP contribution in [0.4, 0.5) is 4.79 Å². The van der Waals surface area contributed by atoms with Crippen LogP contribution < -0.4 is 10.1 Å². The van der Waals surface area contributed by atoms with Crippen molar-refractivity contribution in [2.75, 3.05) is 6.61 Å². The van der Waals surface area contributed by atoms with Crippen molar-refractivity contribution >= 4 is 29.6 Å². The number of benzene rings is 2. The van der Waals surface area contributed by atoms with Crippen LogP contribution in [0.25, 0.3) is 6.08 Å².